The van der Waals surface area contributed by atoms with Crippen molar-refractivity contribution >= 4 is 28.4 Å². The van der Waals surface area contributed by atoms with Gasteiger partial charge in [-0.2, -0.15) is 5.10 Å². The van der Waals surface area contributed by atoms with Gasteiger partial charge in [-0.15, -0.1) is 10.2 Å². The van der Waals surface area contributed by atoms with E-state index in [4.69, 9.17) is 0 Å². The van der Waals surface area contributed by atoms with Gasteiger partial charge in [0.2, 0.25) is 0 Å². The molecule has 2 amide bonds. The van der Waals surface area contributed by atoms with E-state index in [9.17, 15) is 4.79 Å². The Hall–Kier alpha value is -4.60. The highest BCUT2D eigenvalue weighted by molar-refractivity contribution is 6.07. The number of carbonyl (C=O) groups excluding carboxylic acids is 1. The molecule has 5 aromatic rings. The largest absolute Gasteiger partial charge is 0.326 e. The number of nitrogens with zero attached hydrogens (tertiary/aromatic N) is 7. The molecule has 0 spiro atoms. The molecule has 0 fully saturated rings. The smallest absolute Gasteiger partial charge is 0.310 e. The van der Waals surface area contributed by atoms with Crippen molar-refractivity contribution in [3.63, 3.8) is 0 Å². The van der Waals surface area contributed by atoms with Crippen molar-refractivity contribution in [3.05, 3.63) is 67.4 Å². The number of hydrogen-bond acceptors (Lipinski definition) is 6. The number of anilines is 2. The summed E-state index contributed by atoms with van der Waals surface area (Å²) in [5.41, 5.74) is 2.52. The number of pyridine rings is 2. The fourth-order valence-corrected chi connectivity index (χ4v) is 3.77. The van der Waals surface area contributed by atoms with Crippen LogP contribution in [0.15, 0.2) is 67.4 Å². The van der Waals surface area contributed by atoms with Gasteiger partial charge in [-0.05, 0) is 31.4 Å². The Morgan fingerprint density at radius 2 is 1.82 bits per heavy atom. The van der Waals surface area contributed by atoms with Crippen LogP contribution in [0.3, 0.4) is 0 Å². The van der Waals surface area contributed by atoms with Crippen molar-refractivity contribution in [3.8, 4) is 22.6 Å². The van der Waals surface area contributed by atoms with Crippen molar-refractivity contribution in [2.24, 2.45) is 7.05 Å². The summed E-state index contributed by atoms with van der Waals surface area (Å²) in [5.74, 6) is 1.48. The van der Waals surface area contributed by atoms with Crippen molar-refractivity contribution in [1.82, 2.24) is 34.5 Å². The van der Waals surface area contributed by atoms with Gasteiger partial charge in [0, 0.05) is 42.0 Å². The summed E-state index contributed by atoms with van der Waals surface area (Å²) in [4.78, 5) is 21.9. The molecule has 0 atom stereocenters. The summed E-state index contributed by atoms with van der Waals surface area (Å²) in [7, 11) is 1.87. The maximum atomic E-state index is 12.8. The minimum absolute atomic E-state index is 0.181. The van der Waals surface area contributed by atoms with Gasteiger partial charge in [0.15, 0.2) is 5.82 Å². The quantitative estimate of drug-likeness (QED) is 0.404. The number of benzene rings is 1. The van der Waals surface area contributed by atoms with Crippen LogP contribution in [0.4, 0.5) is 16.4 Å². The van der Waals surface area contributed by atoms with E-state index in [1.54, 1.807) is 29.5 Å². The lowest BCUT2D eigenvalue weighted by Crippen LogP contribution is -2.21. The molecule has 0 saturated heterocycles. The van der Waals surface area contributed by atoms with Gasteiger partial charge in [0.1, 0.15) is 23.7 Å². The molecule has 4 aromatic heterocycles. The number of nitrogens with one attached hydrogen (secondary N) is 2. The Kier molecular flexibility index (Phi) is 5.46. The molecule has 10 nitrogen and oxygen atoms in total. The Morgan fingerprint density at radius 1 is 1.00 bits per heavy atom. The van der Waals surface area contributed by atoms with E-state index in [-0.39, 0.29) is 6.04 Å². The van der Waals surface area contributed by atoms with Gasteiger partial charge >= 0.3 is 6.03 Å². The van der Waals surface area contributed by atoms with Crippen LogP contribution in [-0.4, -0.2) is 40.5 Å². The molecular formula is C24H23N9O. The molecule has 0 unspecified atom stereocenters. The van der Waals surface area contributed by atoms with Gasteiger partial charge in [-0.3, -0.25) is 15.3 Å². The van der Waals surface area contributed by atoms with Gasteiger partial charge in [-0.25, -0.2) is 14.8 Å². The fraction of sp³-hybridized carbons (Fsp3) is 0.167. The van der Waals surface area contributed by atoms with Gasteiger partial charge in [0.25, 0.3) is 0 Å². The molecule has 34 heavy (non-hydrogen) atoms. The fourth-order valence-electron chi connectivity index (χ4n) is 3.77. The standard InChI is InChI=1S/C24H23N9O/c1-15(2)33-14-26-31-23(33)20-9-6-10-21(28-20)29-24(34)30-22-18-8-5-4-7-17(18)19(12-25-22)16-11-27-32(3)13-16/h4-15H,1-3H3,(H2,25,28,29,30,34). The molecule has 5 rings (SSSR count). The summed E-state index contributed by atoms with van der Waals surface area (Å²) < 4.78 is 3.67. The van der Waals surface area contributed by atoms with Crippen LogP contribution in [0.2, 0.25) is 0 Å². The third kappa shape index (κ3) is 4.08. The maximum Gasteiger partial charge on any atom is 0.326 e. The number of carbonyl (C=O) groups is 1. The highest BCUT2D eigenvalue weighted by atomic mass is 16.2. The van der Waals surface area contributed by atoms with Crippen molar-refractivity contribution in [1.29, 1.82) is 0 Å². The van der Waals surface area contributed by atoms with Crippen molar-refractivity contribution < 1.29 is 4.79 Å². The van der Waals surface area contributed by atoms with Crippen molar-refractivity contribution in [2.75, 3.05) is 10.6 Å². The Labute approximate surface area is 195 Å². The van der Waals surface area contributed by atoms with Crippen LogP contribution in [0.5, 0.6) is 0 Å². The number of amides is 2. The molecule has 0 bridgehead atoms. The number of urea groups is 1. The second-order valence-corrected chi connectivity index (χ2v) is 8.11. The number of aryl methyl sites for hydroxylation is 1. The van der Waals surface area contributed by atoms with Crippen LogP contribution in [-0.2, 0) is 7.05 Å². The minimum Gasteiger partial charge on any atom is -0.310 e. The van der Waals surface area contributed by atoms with Gasteiger partial charge in [-0.1, -0.05) is 30.3 Å². The van der Waals surface area contributed by atoms with E-state index in [1.807, 2.05) is 68.1 Å². The van der Waals surface area contributed by atoms with Gasteiger partial charge in [0.05, 0.1) is 6.20 Å². The first kappa shape index (κ1) is 21.3. The van der Waals surface area contributed by atoms with Crippen LogP contribution >= 0.6 is 0 Å². The predicted octanol–water partition coefficient (Wildman–Crippen LogP) is 4.51. The molecule has 0 aliphatic heterocycles. The highest BCUT2D eigenvalue weighted by Gasteiger charge is 2.15. The maximum absolute atomic E-state index is 12.8. The number of rotatable bonds is 5. The van der Waals surface area contributed by atoms with E-state index < -0.39 is 6.03 Å². The van der Waals surface area contributed by atoms with Crippen LogP contribution in [0.25, 0.3) is 33.4 Å². The molecule has 2 N–H and O–H groups in total. The van der Waals surface area contributed by atoms with Crippen LogP contribution in [0.1, 0.15) is 19.9 Å². The average molecular weight is 454 g/mol. The lowest BCUT2D eigenvalue weighted by atomic mass is 10.0. The first-order valence-corrected chi connectivity index (χ1v) is 10.8. The first-order valence-electron chi connectivity index (χ1n) is 10.8. The third-order valence-electron chi connectivity index (χ3n) is 5.39. The summed E-state index contributed by atoms with van der Waals surface area (Å²) >= 11 is 0. The molecule has 0 aliphatic carbocycles. The highest BCUT2D eigenvalue weighted by Crippen LogP contribution is 2.31. The topological polar surface area (TPSA) is 115 Å². The van der Waals surface area contributed by atoms with Crippen LogP contribution in [0, 0.1) is 0 Å². The van der Waals surface area contributed by atoms with Gasteiger partial charge < -0.3 is 4.57 Å². The zero-order valence-electron chi connectivity index (χ0n) is 19.0. The zero-order valence-corrected chi connectivity index (χ0v) is 19.0. The summed E-state index contributed by atoms with van der Waals surface area (Å²) in [5, 5.41) is 19.8. The summed E-state index contributed by atoms with van der Waals surface area (Å²) in [6.45, 7) is 4.08. The lowest BCUT2D eigenvalue weighted by Gasteiger charge is -2.12. The minimum atomic E-state index is -0.443. The van der Waals surface area contributed by atoms with Crippen LogP contribution < -0.4 is 10.6 Å². The van der Waals surface area contributed by atoms with E-state index in [0.29, 0.717) is 23.2 Å². The Balaban J connectivity index is 1.39. The molecule has 10 heteroatoms. The summed E-state index contributed by atoms with van der Waals surface area (Å²) in [6.07, 6.45) is 7.14. The SMILES string of the molecule is CC(C)n1cnnc1-c1cccc(NC(=O)Nc2ncc(-c3cnn(C)c3)c3ccccc23)n1. The van der Waals surface area contributed by atoms with Crippen molar-refractivity contribution in [2.45, 2.75) is 19.9 Å². The second-order valence-electron chi connectivity index (χ2n) is 8.11. The average Bonchev–Trinajstić information content (AvgIpc) is 3.49. The number of hydrogen-bond donors (Lipinski definition) is 2. The summed E-state index contributed by atoms with van der Waals surface area (Å²) in [6, 6.07) is 12.9. The monoisotopic (exact) mass is 453 g/mol. The third-order valence-corrected chi connectivity index (χ3v) is 5.39. The zero-order chi connectivity index (χ0) is 23.7. The van der Waals surface area contributed by atoms with E-state index >= 15 is 0 Å². The number of aromatic nitrogens is 7. The number of fused-ring (bicyclic) bond motifs is 1. The van der Waals surface area contributed by atoms with E-state index in [0.717, 1.165) is 21.9 Å². The molecular weight excluding hydrogens is 430 g/mol. The Bertz CT molecular complexity index is 1480. The Morgan fingerprint density at radius 3 is 2.59 bits per heavy atom. The first-order chi connectivity index (χ1) is 16.5. The second kappa shape index (κ2) is 8.74. The van der Waals surface area contributed by atoms with E-state index in [2.05, 4.69) is 35.9 Å². The predicted molar refractivity (Wildman–Crippen MR) is 130 cm³/mol. The molecule has 0 saturated carbocycles. The van der Waals surface area contributed by atoms with E-state index in [1.165, 1.54) is 0 Å². The molecule has 0 radical (unpaired) electrons. The molecule has 0 aliphatic rings. The molecule has 4 heterocycles. The lowest BCUT2D eigenvalue weighted by molar-refractivity contribution is 0.262. The normalized spacial score (nSPS) is 11.2. The molecule has 1 aromatic carbocycles. The molecule has 170 valence electrons.